The molecular weight excluding hydrogens is 382 g/mol. The zero-order valence-electron chi connectivity index (χ0n) is 17.8. The second-order valence-corrected chi connectivity index (χ2v) is 7.23. The fraction of sp³-hybridized carbons (Fsp3) is 0.364. The average Bonchev–Trinajstić information content (AvgIpc) is 2.98. The minimum Gasteiger partial charge on any atom is -0.326 e. The number of hydrogen-bond acceptors (Lipinski definition) is 4. The van der Waals surface area contributed by atoms with E-state index < -0.39 is 0 Å². The molecule has 8 heteroatoms. The van der Waals surface area contributed by atoms with Gasteiger partial charge in [0, 0.05) is 31.6 Å². The maximum Gasteiger partial charge on any atom is 0.330 e. The number of aryl methyl sites for hydroxylation is 4. The molecule has 0 spiro atoms. The van der Waals surface area contributed by atoms with Crippen LogP contribution < -0.4 is 16.3 Å². The van der Waals surface area contributed by atoms with Crippen LogP contribution in [0, 0.1) is 13.8 Å². The SMILES string of the molecule is CCn1c(=O)n(CC)c2nc(NC(=O)CCC(=O)Nc3cc(C)ccc3C)ccc21. The Kier molecular flexibility index (Phi) is 6.34. The van der Waals surface area contributed by atoms with Crippen LogP contribution in [-0.4, -0.2) is 25.9 Å². The van der Waals surface area contributed by atoms with Gasteiger partial charge in [-0.15, -0.1) is 0 Å². The van der Waals surface area contributed by atoms with Gasteiger partial charge in [0.25, 0.3) is 0 Å². The van der Waals surface area contributed by atoms with Crippen molar-refractivity contribution >= 4 is 34.5 Å². The van der Waals surface area contributed by atoms with Gasteiger partial charge in [-0.1, -0.05) is 12.1 Å². The Balaban J connectivity index is 1.64. The number of fused-ring (bicyclic) bond motifs is 1. The molecule has 3 aromatic rings. The summed E-state index contributed by atoms with van der Waals surface area (Å²) in [6.07, 6.45) is 0.0975. The number of pyridine rings is 1. The summed E-state index contributed by atoms with van der Waals surface area (Å²) in [6.45, 7) is 8.70. The molecule has 2 heterocycles. The molecule has 2 amide bonds. The van der Waals surface area contributed by atoms with E-state index in [9.17, 15) is 14.4 Å². The van der Waals surface area contributed by atoms with Gasteiger partial charge in [0.15, 0.2) is 5.65 Å². The van der Waals surface area contributed by atoms with Crippen molar-refractivity contribution in [1.29, 1.82) is 0 Å². The number of nitrogens with zero attached hydrogens (tertiary/aromatic N) is 3. The Morgan fingerprint density at radius 1 is 0.933 bits per heavy atom. The van der Waals surface area contributed by atoms with E-state index >= 15 is 0 Å². The molecule has 2 N–H and O–H groups in total. The van der Waals surface area contributed by atoms with Crippen molar-refractivity contribution in [2.24, 2.45) is 0 Å². The number of carbonyl (C=O) groups is 2. The molecule has 0 saturated heterocycles. The minimum absolute atomic E-state index is 0.0347. The van der Waals surface area contributed by atoms with Gasteiger partial charge < -0.3 is 10.6 Å². The van der Waals surface area contributed by atoms with Gasteiger partial charge in [0.05, 0.1) is 5.52 Å². The molecule has 0 atom stereocenters. The summed E-state index contributed by atoms with van der Waals surface area (Å²) in [5, 5.41) is 5.57. The van der Waals surface area contributed by atoms with Crippen molar-refractivity contribution < 1.29 is 9.59 Å². The van der Waals surface area contributed by atoms with Gasteiger partial charge in [0.1, 0.15) is 5.82 Å². The molecule has 0 saturated carbocycles. The van der Waals surface area contributed by atoms with E-state index in [2.05, 4.69) is 15.6 Å². The van der Waals surface area contributed by atoms with E-state index in [4.69, 9.17) is 0 Å². The zero-order valence-corrected chi connectivity index (χ0v) is 17.8. The summed E-state index contributed by atoms with van der Waals surface area (Å²) < 4.78 is 3.22. The average molecular weight is 409 g/mol. The van der Waals surface area contributed by atoms with E-state index in [0.717, 1.165) is 22.3 Å². The number of anilines is 2. The fourth-order valence-electron chi connectivity index (χ4n) is 3.37. The second kappa shape index (κ2) is 8.94. The number of imidazole rings is 1. The molecule has 0 fully saturated rings. The molecule has 3 rings (SSSR count). The number of aromatic nitrogens is 3. The summed E-state index contributed by atoms with van der Waals surface area (Å²) in [5.74, 6) is -0.168. The minimum atomic E-state index is -0.307. The lowest BCUT2D eigenvalue weighted by Gasteiger charge is -2.09. The van der Waals surface area contributed by atoms with E-state index in [1.165, 1.54) is 0 Å². The predicted molar refractivity (Wildman–Crippen MR) is 118 cm³/mol. The lowest BCUT2D eigenvalue weighted by molar-refractivity contribution is -0.121. The van der Waals surface area contributed by atoms with Crippen LogP contribution in [0.1, 0.15) is 37.8 Å². The number of rotatable bonds is 7. The highest BCUT2D eigenvalue weighted by molar-refractivity contribution is 5.97. The van der Waals surface area contributed by atoms with Gasteiger partial charge in [-0.2, -0.15) is 0 Å². The van der Waals surface area contributed by atoms with Crippen molar-refractivity contribution in [3.05, 3.63) is 51.9 Å². The number of hydrogen-bond donors (Lipinski definition) is 2. The highest BCUT2D eigenvalue weighted by Gasteiger charge is 2.14. The number of carbonyl (C=O) groups excluding carboxylic acids is 2. The van der Waals surface area contributed by atoms with Crippen molar-refractivity contribution in [3.8, 4) is 0 Å². The number of amides is 2. The van der Waals surface area contributed by atoms with Crippen molar-refractivity contribution in [3.63, 3.8) is 0 Å². The van der Waals surface area contributed by atoms with Crippen molar-refractivity contribution in [2.75, 3.05) is 10.6 Å². The summed E-state index contributed by atoms with van der Waals surface area (Å²) in [5.41, 5.74) is 3.93. The maximum atomic E-state index is 12.4. The van der Waals surface area contributed by atoms with Crippen molar-refractivity contribution in [2.45, 2.75) is 53.6 Å². The standard InChI is InChI=1S/C22H27N5O3/c1-5-26-17-9-10-18(25-21(17)27(6-2)22(26)30)24-20(29)12-11-19(28)23-16-13-14(3)7-8-15(16)4/h7-10,13H,5-6,11-12H2,1-4H3,(H,23,28)(H,24,25,29). The first-order valence-corrected chi connectivity index (χ1v) is 10.1. The Morgan fingerprint density at radius 3 is 2.27 bits per heavy atom. The highest BCUT2D eigenvalue weighted by Crippen LogP contribution is 2.17. The van der Waals surface area contributed by atoms with Gasteiger partial charge in [0.2, 0.25) is 11.8 Å². The molecule has 0 radical (unpaired) electrons. The van der Waals surface area contributed by atoms with Crippen LogP contribution in [0.2, 0.25) is 0 Å². The second-order valence-electron chi connectivity index (χ2n) is 7.23. The molecule has 30 heavy (non-hydrogen) atoms. The first-order valence-electron chi connectivity index (χ1n) is 10.1. The molecule has 158 valence electrons. The lowest BCUT2D eigenvalue weighted by Crippen LogP contribution is -2.23. The van der Waals surface area contributed by atoms with Gasteiger partial charge in [-0.3, -0.25) is 18.7 Å². The highest BCUT2D eigenvalue weighted by atomic mass is 16.2. The van der Waals surface area contributed by atoms with Gasteiger partial charge in [-0.05, 0) is 57.0 Å². The van der Waals surface area contributed by atoms with Crippen LogP contribution in [-0.2, 0) is 22.7 Å². The van der Waals surface area contributed by atoms with Crippen LogP contribution in [0.5, 0.6) is 0 Å². The third kappa shape index (κ3) is 4.42. The monoisotopic (exact) mass is 409 g/mol. The van der Waals surface area contributed by atoms with Crippen LogP contribution >= 0.6 is 0 Å². The fourth-order valence-corrected chi connectivity index (χ4v) is 3.37. The van der Waals surface area contributed by atoms with Gasteiger partial charge in [-0.25, -0.2) is 9.78 Å². The molecule has 8 nitrogen and oxygen atoms in total. The van der Waals surface area contributed by atoms with Crippen LogP contribution in [0.25, 0.3) is 11.2 Å². The maximum absolute atomic E-state index is 12.4. The number of nitrogens with one attached hydrogen (secondary N) is 2. The molecule has 0 aliphatic carbocycles. The molecule has 0 bridgehead atoms. The summed E-state index contributed by atoms with van der Waals surface area (Å²) >= 11 is 0. The first-order chi connectivity index (χ1) is 14.3. The Bertz CT molecular complexity index is 1160. The normalized spacial score (nSPS) is 10.9. The zero-order chi connectivity index (χ0) is 21.8. The van der Waals surface area contributed by atoms with Gasteiger partial charge >= 0.3 is 5.69 Å². The first kappa shape index (κ1) is 21.3. The molecular formula is C22H27N5O3. The molecule has 0 unspecified atom stereocenters. The lowest BCUT2D eigenvalue weighted by atomic mass is 10.1. The summed E-state index contributed by atoms with van der Waals surface area (Å²) in [4.78, 5) is 41.4. The topological polar surface area (TPSA) is 98.0 Å². The van der Waals surface area contributed by atoms with E-state index in [-0.39, 0.29) is 30.3 Å². The Morgan fingerprint density at radius 2 is 1.60 bits per heavy atom. The smallest absolute Gasteiger partial charge is 0.326 e. The summed E-state index contributed by atoms with van der Waals surface area (Å²) in [7, 11) is 0. The molecule has 1 aromatic carbocycles. The summed E-state index contributed by atoms with van der Waals surface area (Å²) in [6, 6.07) is 9.28. The van der Waals surface area contributed by atoms with E-state index in [1.807, 2.05) is 45.9 Å². The Hall–Kier alpha value is -3.42. The number of benzene rings is 1. The third-order valence-electron chi connectivity index (χ3n) is 5.01. The molecule has 2 aromatic heterocycles. The van der Waals surface area contributed by atoms with Crippen LogP contribution in [0.15, 0.2) is 35.1 Å². The van der Waals surface area contributed by atoms with Crippen LogP contribution in [0.3, 0.4) is 0 Å². The Labute approximate surface area is 174 Å². The van der Waals surface area contributed by atoms with E-state index in [1.54, 1.807) is 21.3 Å². The van der Waals surface area contributed by atoms with E-state index in [0.29, 0.717) is 24.6 Å². The van der Waals surface area contributed by atoms with Crippen LogP contribution in [0.4, 0.5) is 11.5 Å². The third-order valence-corrected chi connectivity index (χ3v) is 5.01. The molecule has 0 aliphatic rings. The quantitative estimate of drug-likeness (QED) is 0.626. The molecule has 0 aliphatic heterocycles. The predicted octanol–water partition coefficient (Wildman–Crippen LogP) is 3.21. The van der Waals surface area contributed by atoms with Crippen molar-refractivity contribution in [1.82, 2.24) is 14.1 Å². The largest absolute Gasteiger partial charge is 0.330 e.